The molecule has 0 aromatic rings. The van der Waals surface area contributed by atoms with Gasteiger partial charge in [0.05, 0.1) is 0 Å². The lowest BCUT2D eigenvalue weighted by Crippen LogP contribution is -1.92. The second kappa shape index (κ2) is 15.8. The van der Waals surface area contributed by atoms with Gasteiger partial charge in [0, 0.05) is 13.2 Å². The van der Waals surface area contributed by atoms with Gasteiger partial charge < -0.3 is 4.74 Å². The van der Waals surface area contributed by atoms with Gasteiger partial charge in [-0.15, -0.1) is 24.8 Å². The Bertz CT molecular complexity index is 30.2. The van der Waals surface area contributed by atoms with E-state index in [0.29, 0.717) is 0 Å². The molecule has 0 fully saturated rings. The number of hydrogen-bond donors (Lipinski definition) is 0. The normalized spacial score (nSPS) is 7.33. The summed E-state index contributed by atoms with van der Waals surface area (Å²) in [5.41, 5.74) is 0. The molecule has 0 aromatic carbocycles. The van der Waals surface area contributed by atoms with E-state index in [1.807, 2.05) is 0 Å². The van der Waals surface area contributed by atoms with Gasteiger partial charge in [-0.05, 0) is 12.8 Å². The molecule has 0 saturated heterocycles. The van der Waals surface area contributed by atoms with Gasteiger partial charge in [0.15, 0.2) is 0 Å². The van der Waals surface area contributed by atoms with Crippen LogP contribution in [0.15, 0.2) is 0 Å². The topological polar surface area (TPSA) is 9.23 Å². The Labute approximate surface area is 70.0 Å². The molecule has 9 heavy (non-hydrogen) atoms. The zero-order valence-corrected chi connectivity index (χ0v) is 7.69. The van der Waals surface area contributed by atoms with Crippen LogP contribution in [-0.4, -0.2) is 13.2 Å². The van der Waals surface area contributed by atoms with Crippen molar-refractivity contribution in [3.8, 4) is 0 Å². The molecule has 60 valence electrons. The highest BCUT2D eigenvalue weighted by atomic mass is 35.5. The van der Waals surface area contributed by atoms with Crippen LogP contribution < -0.4 is 0 Å². The van der Waals surface area contributed by atoms with Crippen molar-refractivity contribution in [3.63, 3.8) is 0 Å². The Morgan fingerprint density at radius 3 is 1.44 bits per heavy atom. The fourth-order valence-corrected chi connectivity index (χ4v) is 0.391. The highest BCUT2D eigenvalue weighted by Gasteiger charge is 1.77. The fraction of sp³-hybridized carbons (Fsp3) is 1.00. The predicted molar refractivity (Wildman–Crippen MR) is 45.9 cm³/mol. The Morgan fingerprint density at radius 2 is 1.22 bits per heavy atom. The lowest BCUT2D eigenvalue weighted by atomic mass is 10.5. The highest BCUT2D eigenvalue weighted by molar-refractivity contribution is 5.85. The molecule has 1 nitrogen and oxygen atoms in total. The Balaban J connectivity index is -0.000000180. The van der Waals surface area contributed by atoms with Gasteiger partial charge in [0.1, 0.15) is 0 Å². The van der Waals surface area contributed by atoms with E-state index < -0.39 is 0 Å². The first kappa shape index (κ1) is 16.3. The summed E-state index contributed by atoms with van der Waals surface area (Å²) in [5.74, 6) is 0. The summed E-state index contributed by atoms with van der Waals surface area (Å²) in [6.45, 7) is 6.09. The average Bonchev–Trinajstić information content (AvgIpc) is 1.69. The van der Waals surface area contributed by atoms with Gasteiger partial charge in [-0.3, -0.25) is 0 Å². The monoisotopic (exact) mass is 174 g/mol. The van der Waals surface area contributed by atoms with Gasteiger partial charge in [-0.2, -0.15) is 0 Å². The molecule has 0 radical (unpaired) electrons. The number of hydrogen-bond acceptors (Lipinski definition) is 1. The van der Waals surface area contributed by atoms with Crippen molar-refractivity contribution in [2.24, 2.45) is 0 Å². The first-order valence-electron chi connectivity index (χ1n) is 2.99. The first-order valence-corrected chi connectivity index (χ1v) is 2.99. The molecular weight excluding hydrogens is 159 g/mol. The minimum absolute atomic E-state index is 0. The number of ether oxygens (including phenoxy) is 1. The van der Waals surface area contributed by atoms with Crippen molar-refractivity contribution in [3.05, 3.63) is 0 Å². The maximum Gasteiger partial charge on any atom is 0.0463 e. The number of halogens is 2. The molecule has 0 saturated carbocycles. The van der Waals surface area contributed by atoms with Crippen LogP contribution in [0.4, 0.5) is 0 Å². The summed E-state index contributed by atoms with van der Waals surface area (Å²) >= 11 is 0. The van der Waals surface area contributed by atoms with Crippen LogP contribution in [-0.2, 0) is 4.74 Å². The summed E-state index contributed by atoms with van der Waals surface area (Å²) in [6.07, 6.45) is 2.28. The van der Waals surface area contributed by atoms with E-state index in [1.54, 1.807) is 0 Å². The van der Waals surface area contributed by atoms with Crippen LogP contribution in [0.5, 0.6) is 0 Å². The zero-order valence-electron chi connectivity index (χ0n) is 6.05. The summed E-state index contributed by atoms with van der Waals surface area (Å²) in [4.78, 5) is 0. The molecule has 0 aliphatic rings. The van der Waals surface area contributed by atoms with Crippen LogP contribution in [0.3, 0.4) is 0 Å². The number of rotatable bonds is 4. The second-order valence-electron chi connectivity index (χ2n) is 1.61. The van der Waals surface area contributed by atoms with Crippen LogP contribution in [0.25, 0.3) is 0 Å². The van der Waals surface area contributed by atoms with Crippen molar-refractivity contribution >= 4 is 24.8 Å². The van der Waals surface area contributed by atoms with E-state index in [-0.39, 0.29) is 24.8 Å². The molecule has 0 aromatic heterocycles. The Hall–Kier alpha value is 0.540. The van der Waals surface area contributed by atoms with Crippen molar-refractivity contribution in [1.29, 1.82) is 0 Å². The second-order valence-corrected chi connectivity index (χ2v) is 1.61. The van der Waals surface area contributed by atoms with Gasteiger partial charge in [-0.25, -0.2) is 0 Å². The fourth-order valence-electron chi connectivity index (χ4n) is 0.391. The molecule has 0 N–H and O–H groups in total. The minimum atomic E-state index is 0. The van der Waals surface area contributed by atoms with Crippen molar-refractivity contribution in [2.75, 3.05) is 13.2 Å². The van der Waals surface area contributed by atoms with Crippen LogP contribution >= 0.6 is 24.8 Å². The van der Waals surface area contributed by atoms with Crippen LogP contribution in [0, 0.1) is 0 Å². The molecule has 0 spiro atoms. The molecule has 0 amide bonds. The van der Waals surface area contributed by atoms with Crippen LogP contribution in [0.2, 0.25) is 0 Å². The predicted octanol–water partition coefficient (Wildman–Crippen LogP) is 2.67. The molecule has 0 unspecified atom stereocenters. The lowest BCUT2D eigenvalue weighted by molar-refractivity contribution is 0.135. The molecule has 0 aliphatic carbocycles. The highest BCUT2D eigenvalue weighted by Crippen LogP contribution is 1.81. The molecule has 0 atom stereocenters. The van der Waals surface area contributed by atoms with E-state index in [4.69, 9.17) is 4.74 Å². The largest absolute Gasteiger partial charge is 0.381 e. The van der Waals surface area contributed by atoms with Gasteiger partial charge >= 0.3 is 0 Å². The molecule has 0 aliphatic heterocycles. The van der Waals surface area contributed by atoms with E-state index in [9.17, 15) is 0 Å². The standard InChI is InChI=1S/C6H14O.2ClH/c1-3-5-7-6-4-2;;/h3-6H2,1-2H3;2*1H. The van der Waals surface area contributed by atoms with Gasteiger partial charge in [0.25, 0.3) is 0 Å². The zero-order chi connectivity index (χ0) is 5.54. The van der Waals surface area contributed by atoms with E-state index in [2.05, 4.69) is 13.8 Å². The van der Waals surface area contributed by atoms with Gasteiger partial charge in [-0.1, -0.05) is 13.8 Å². The third-order valence-electron chi connectivity index (χ3n) is 0.697. The summed E-state index contributed by atoms with van der Waals surface area (Å²) < 4.78 is 5.13. The summed E-state index contributed by atoms with van der Waals surface area (Å²) in [7, 11) is 0. The molecule has 0 bridgehead atoms. The Kier molecular flexibility index (Phi) is 28.6. The maximum atomic E-state index is 5.13. The lowest BCUT2D eigenvalue weighted by Gasteiger charge is -1.95. The molecule has 0 rings (SSSR count). The van der Waals surface area contributed by atoms with E-state index >= 15 is 0 Å². The smallest absolute Gasteiger partial charge is 0.0463 e. The summed E-state index contributed by atoms with van der Waals surface area (Å²) in [6, 6.07) is 0. The van der Waals surface area contributed by atoms with Crippen LogP contribution in [0.1, 0.15) is 26.7 Å². The third kappa shape index (κ3) is 17.7. The Morgan fingerprint density at radius 1 is 0.889 bits per heavy atom. The minimum Gasteiger partial charge on any atom is -0.381 e. The molecule has 0 heterocycles. The van der Waals surface area contributed by atoms with Crippen molar-refractivity contribution in [1.82, 2.24) is 0 Å². The SMILES string of the molecule is CCCOCCC.Cl.Cl. The molecular formula is C6H16Cl2O. The van der Waals surface area contributed by atoms with E-state index in [0.717, 1.165) is 26.1 Å². The molecule has 3 heteroatoms. The summed E-state index contributed by atoms with van der Waals surface area (Å²) in [5, 5.41) is 0. The quantitative estimate of drug-likeness (QED) is 0.597. The van der Waals surface area contributed by atoms with Gasteiger partial charge in [0.2, 0.25) is 0 Å². The van der Waals surface area contributed by atoms with Crippen molar-refractivity contribution in [2.45, 2.75) is 26.7 Å². The third-order valence-corrected chi connectivity index (χ3v) is 0.697. The first-order chi connectivity index (χ1) is 3.41. The maximum absolute atomic E-state index is 5.13. The van der Waals surface area contributed by atoms with E-state index in [1.165, 1.54) is 0 Å². The van der Waals surface area contributed by atoms with Crippen molar-refractivity contribution < 1.29 is 4.74 Å². The average molecular weight is 175 g/mol.